The summed E-state index contributed by atoms with van der Waals surface area (Å²) in [7, 11) is 0. The van der Waals surface area contributed by atoms with Crippen molar-refractivity contribution in [3.63, 3.8) is 0 Å². The second-order valence-corrected chi connectivity index (χ2v) is 5.87. The van der Waals surface area contributed by atoms with E-state index in [1.807, 2.05) is 37.3 Å². The van der Waals surface area contributed by atoms with Crippen LogP contribution in [0.5, 0.6) is 11.5 Å². The van der Waals surface area contributed by atoms with Crippen LogP contribution in [0.3, 0.4) is 0 Å². The first-order chi connectivity index (χ1) is 13.0. The minimum atomic E-state index is -1.10. The number of carboxylic acids is 1. The number of benzene rings is 3. The van der Waals surface area contributed by atoms with Crippen molar-refractivity contribution in [2.75, 3.05) is 10.6 Å². The maximum absolute atomic E-state index is 12.2. The van der Waals surface area contributed by atoms with Gasteiger partial charge in [-0.1, -0.05) is 24.3 Å². The first kappa shape index (κ1) is 18.0. The van der Waals surface area contributed by atoms with Crippen LogP contribution in [0.2, 0.25) is 0 Å². The van der Waals surface area contributed by atoms with Gasteiger partial charge in [0.25, 0.3) is 0 Å². The highest BCUT2D eigenvalue weighted by molar-refractivity contribution is 6.04. The number of rotatable bonds is 5. The molecule has 0 atom stereocenters. The van der Waals surface area contributed by atoms with Gasteiger partial charge in [0, 0.05) is 5.69 Å². The van der Waals surface area contributed by atoms with Crippen LogP contribution in [-0.4, -0.2) is 17.1 Å². The monoisotopic (exact) mass is 362 g/mol. The Bertz CT molecular complexity index is 954. The van der Waals surface area contributed by atoms with Crippen molar-refractivity contribution < 1.29 is 19.4 Å². The second-order valence-electron chi connectivity index (χ2n) is 5.87. The number of nitrogens with one attached hydrogen (secondary N) is 2. The van der Waals surface area contributed by atoms with Gasteiger partial charge in [-0.2, -0.15) is 0 Å². The molecule has 0 radical (unpaired) electrons. The molecule has 3 aromatic rings. The van der Waals surface area contributed by atoms with Crippen molar-refractivity contribution in [2.45, 2.75) is 6.92 Å². The molecule has 2 amide bonds. The zero-order chi connectivity index (χ0) is 19.2. The largest absolute Gasteiger partial charge is 0.478 e. The normalized spacial score (nSPS) is 10.1. The molecule has 3 rings (SSSR count). The maximum atomic E-state index is 12.2. The van der Waals surface area contributed by atoms with Gasteiger partial charge < -0.3 is 20.5 Å². The van der Waals surface area contributed by atoms with Gasteiger partial charge in [0.15, 0.2) is 0 Å². The molecule has 0 saturated carbocycles. The Balaban J connectivity index is 1.65. The predicted molar refractivity (Wildman–Crippen MR) is 104 cm³/mol. The van der Waals surface area contributed by atoms with Crippen molar-refractivity contribution in [3.05, 3.63) is 83.9 Å². The zero-order valence-corrected chi connectivity index (χ0v) is 14.6. The average Bonchev–Trinajstić information content (AvgIpc) is 2.64. The molecule has 0 aromatic heterocycles. The number of hydrogen-bond acceptors (Lipinski definition) is 3. The third kappa shape index (κ3) is 4.85. The molecule has 0 aliphatic rings. The molecule has 0 saturated heterocycles. The Kier molecular flexibility index (Phi) is 5.37. The van der Waals surface area contributed by atoms with Crippen molar-refractivity contribution in [1.82, 2.24) is 0 Å². The highest BCUT2D eigenvalue weighted by atomic mass is 16.5. The number of hydrogen-bond donors (Lipinski definition) is 3. The lowest BCUT2D eigenvalue weighted by Crippen LogP contribution is -2.21. The van der Waals surface area contributed by atoms with E-state index < -0.39 is 12.0 Å². The fourth-order valence-corrected chi connectivity index (χ4v) is 2.46. The first-order valence-corrected chi connectivity index (χ1v) is 8.26. The number of carbonyl (C=O) groups is 2. The van der Waals surface area contributed by atoms with E-state index >= 15 is 0 Å². The van der Waals surface area contributed by atoms with Crippen molar-refractivity contribution >= 4 is 23.4 Å². The summed E-state index contributed by atoms with van der Waals surface area (Å²) in [5.41, 5.74) is 1.67. The molecule has 0 aliphatic carbocycles. The number of aromatic carboxylic acids is 1. The number of aryl methyl sites for hydroxylation is 1. The lowest BCUT2D eigenvalue weighted by atomic mass is 10.1. The quantitative estimate of drug-likeness (QED) is 0.587. The molecule has 6 heteroatoms. The Hall–Kier alpha value is -3.80. The standard InChI is InChI=1S/C21H18N2O4/c1-14-7-12-18(20(24)25)19(13-14)23-21(26)22-15-8-10-17(11-9-15)27-16-5-3-2-4-6-16/h2-13H,1H3,(H,24,25)(H2,22,23,26). The lowest BCUT2D eigenvalue weighted by molar-refractivity contribution is 0.0698. The summed E-state index contributed by atoms with van der Waals surface area (Å²) < 4.78 is 5.70. The van der Waals surface area contributed by atoms with Gasteiger partial charge in [0.05, 0.1) is 11.3 Å². The van der Waals surface area contributed by atoms with Gasteiger partial charge in [0.2, 0.25) is 0 Å². The van der Waals surface area contributed by atoms with E-state index in [1.165, 1.54) is 6.07 Å². The number of para-hydroxylation sites is 1. The van der Waals surface area contributed by atoms with E-state index in [4.69, 9.17) is 4.74 Å². The second kappa shape index (κ2) is 8.05. The minimum Gasteiger partial charge on any atom is -0.478 e. The topological polar surface area (TPSA) is 87.7 Å². The fraction of sp³-hybridized carbons (Fsp3) is 0.0476. The number of carboxylic acid groups (broad SMARTS) is 1. The van der Waals surface area contributed by atoms with E-state index in [2.05, 4.69) is 10.6 Å². The van der Waals surface area contributed by atoms with Crippen LogP contribution in [-0.2, 0) is 0 Å². The zero-order valence-electron chi connectivity index (χ0n) is 14.6. The van der Waals surface area contributed by atoms with E-state index in [0.717, 1.165) is 11.3 Å². The molecule has 0 spiro atoms. The molecule has 3 N–H and O–H groups in total. The van der Waals surface area contributed by atoms with Crippen LogP contribution >= 0.6 is 0 Å². The highest BCUT2D eigenvalue weighted by Crippen LogP contribution is 2.23. The van der Waals surface area contributed by atoms with Gasteiger partial charge in [0.1, 0.15) is 11.5 Å². The van der Waals surface area contributed by atoms with Gasteiger partial charge in [-0.25, -0.2) is 9.59 Å². The van der Waals surface area contributed by atoms with Gasteiger partial charge in [-0.05, 0) is 61.0 Å². The Morgan fingerprint density at radius 1 is 0.852 bits per heavy atom. The molecule has 0 bridgehead atoms. The number of anilines is 2. The molecule has 0 unspecified atom stereocenters. The number of ether oxygens (including phenoxy) is 1. The average molecular weight is 362 g/mol. The third-order valence-electron chi connectivity index (χ3n) is 3.74. The van der Waals surface area contributed by atoms with E-state index in [-0.39, 0.29) is 11.3 Å². The number of carbonyl (C=O) groups excluding carboxylic acids is 1. The summed E-state index contributed by atoms with van der Waals surface area (Å²) in [5.74, 6) is 0.253. The molecule has 6 nitrogen and oxygen atoms in total. The van der Waals surface area contributed by atoms with Crippen LogP contribution in [0.15, 0.2) is 72.8 Å². The molecular weight excluding hydrogens is 344 g/mol. The maximum Gasteiger partial charge on any atom is 0.337 e. The lowest BCUT2D eigenvalue weighted by Gasteiger charge is -2.11. The molecule has 27 heavy (non-hydrogen) atoms. The van der Waals surface area contributed by atoms with Gasteiger partial charge in [-0.15, -0.1) is 0 Å². The van der Waals surface area contributed by atoms with Gasteiger partial charge >= 0.3 is 12.0 Å². The smallest absolute Gasteiger partial charge is 0.337 e. The highest BCUT2D eigenvalue weighted by Gasteiger charge is 2.12. The Morgan fingerprint density at radius 2 is 1.52 bits per heavy atom. The summed E-state index contributed by atoms with van der Waals surface area (Å²) in [6.07, 6.45) is 0. The van der Waals surface area contributed by atoms with E-state index in [0.29, 0.717) is 11.4 Å². The number of amides is 2. The van der Waals surface area contributed by atoms with Gasteiger partial charge in [-0.3, -0.25) is 0 Å². The summed E-state index contributed by atoms with van der Waals surface area (Å²) in [6, 6.07) is 20.5. The van der Waals surface area contributed by atoms with Crippen molar-refractivity contribution in [1.29, 1.82) is 0 Å². The van der Waals surface area contributed by atoms with E-state index in [9.17, 15) is 14.7 Å². The third-order valence-corrected chi connectivity index (χ3v) is 3.74. The Morgan fingerprint density at radius 3 is 2.19 bits per heavy atom. The first-order valence-electron chi connectivity index (χ1n) is 8.26. The molecule has 0 heterocycles. The molecule has 0 fully saturated rings. The molecule has 3 aromatic carbocycles. The van der Waals surface area contributed by atoms with Crippen LogP contribution in [0.1, 0.15) is 15.9 Å². The van der Waals surface area contributed by atoms with Crippen LogP contribution < -0.4 is 15.4 Å². The fourth-order valence-electron chi connectivity index (χ4n) is 2.46. The summed E-state index contributed by atoms with van der Waals surface area (Å²) in [6.45, 7) is 1.82. The van der Waals surface area contributed by atoms with E-state index in [1.54, 1.807) is 36.4 Å². The molecule has 136 valence electrons. The van der Waals surface area contributed by atoms with Crippen LogP contribution in [0, 0.1) is 6.92 Å². The van der Waals surface area contributed by atoms with Crippen LogP contribution in [0.25, 0.3) is 0 Å². The summed E-state index contributed by atoms with van der Waals surface area (Å²) in [4.78, 5) is 23.5. The van der Waals surface area contributed by atoms with Crippen molar-refractivity contribution in [3.8, 4) is 11.5 Å². The van der Waals surface area contributed by atoms with Crippen molar-refractivity contribution in [2.24, 2.45) is 0 Å². The summed E-state index contributed by atoms with van der Waals surface area (Å²) in [5, 5.41) is 14.5. The molecular formula is C21H18N2O4. The Labute approximate surface area is 156 Å². The predicted octanol–water partition coefficient (Wildman–Crippen LogP) is 5.13. The molecule has 0 aliphatic heterocycles. The minimum absolute atomic E-state index is 0.0300. The summed E-state index contributed by atoms with van der Waals surface area (Å²) >= 11 is 0. The van der Waals surface area contributed by atoms with Crippen LogP contribution in [0.4, 0.5) is 16.2 Å². The SMILES string of the molecule is Cc1ccc(C(=O)O)c(NC(=O)Nc2ccc(Oc3ccccc3)cc2)c1. The number of urea groups is 1.